The second-order valence-electron chi connectivity index (χ2n) is 7.65. The monoisotopic (exact) mass is 439 g/mol. The molecule has 0 saturated carbocycles. The fraction of sp³-hybridized carbons (Fsp3) is 0.864. The van der Waals surface area contributed by atoms with Crippen LogP contribution in [0.2, 0.25) is 0 Å². The number of nitrogens with zero attached hydrogens (tertiary/aromatic N) is 1. The summed E-state index contributed by atoms with van der Waals surface area (Å²) in [6, 6.07) is 0. The molecule has 0 aliphatic carbocycles. The molecule has 29 heavy (non-hydrogen) atoms. The van der Waals surface area contributed by atoms with Gasteiger partial charge in [-0.2, -0.15) is 8.42 Å². The van der Waals surface area contributed by atoms with Crippen molar-refractivity contribution in [1.82, 2.24) is 0 Å². The first kappa shape index (κ1) is 31.3. The summed E-state index contributed by atoms with van der Waals surface area (Å²) in [5.74, 6) is -0.687. The zero-order valence-corrected chi connectivity index (χ0v) is 21.7. The van der Waals surface area contributed by atoms with Crippen LogP contribution in [0, 0.1) is 0 Å². The molecule has 7 heteroatoms. The summed E-state index contributed by atoms with van der Waals surface area (Å²) >= 11 is 0. The minimum absolute atomic E-state index is 0. The van der Waals surface area contributed by atoms with E-state index in [1.54, 1.807) is 0 Å². The molecule has 0 aliphatic rings. The molecule has 0 saturated heterocycles. The predicted molar refractivity (Wildman–Crippen MR) is 117 cm³/mol. The molecule has 0 fully saturated rings. The minimum Gasteiger partial charge on any atom is -0.859 e. The summed E-state index contributed by atoms with van der Waals surface area (Å²) < 4.78 is 29.6. The summed E-state index contributed by atoms with van der Waals surface area (Å²) in [7, 11) is -3.96. The number of rotatable bonds is 20. The van der Waals surface area contributed by atoms with Crippen molar-refractivity contribution in [1.29, 1.82) is 0 Å². The van der Waals surface area contributed by atoms with Crippen molar-refractivity contribution in [3.05, 3.63) is 12.2 Å². The summed E-state index contributed by atoms with van der Waals surface area (Å²) in [5, 5.41) is 11.4. The zero-order chi connectivity index (χ0) is 20.9. The van der Waals surface area contributed by atoms with Crippen LogP contribution in [-0.2, 0) is 10.1 Å². The molecule has 0 amide bonds. The SMILES string of the molecule is CCCCCCCCCCCCCCCC/C=C/C([O-])=NCCCS(=O)(=O)O.[Na+]. The van der Waals surface area contributed by atoms with Gasteiger partial charge in [0.2, 0.25) is 0 Å². The first-order valence-electron chi connectivity index (χ1n) is 11.3. The molecule has 0 aromatic carbocycles. The number of hydrogen-bond donors (Lipinski definition) is 1. The van der Waals surface area contributed by atoms with Gasteiger partial charge in [0.05, 0.1) is 5.75 Å². The van der Waals surface area contributed by atoms with E-state index in [2.05, 4.69) is 11.9 Å². The predicted octanol–water partition coefficient (Wildman–Crippen LogP) is 2.45. The van der Waals surface area contributed by atoms with E-state index in [1.165, 1.54) is 89.5 Å². The van der Waals surface area contributed by atoms with E-state index in [-0.39, 0.29) is 54.2 Å². The van der Waals surface area contributed by atoms with Crippen molar-refractivity contribution in [2.75, 3.05) is 12.3 Å². The van der Waals surface area contributed by atoms with Gasteiger partial charge in [0, 0.05) is 6.54 Å². The Morgan fingerprint density at radius 1 is 0.828 bits per heavy atom. The third kappa shape index (κ3) is 28.1. The summed E-state index contributed by atoms with van der Waals surface area (Å²) in [4.78, 5) is 3.73. The topological polar surface area (TPSA) is 89.8 Å². The van der Waals surface area contributed by atoms with Crippen LogP contribution < -0.4 is 34.7 Å². The molecule has 5 nitrogen and oxygen atoms in total. The second-order valence-corrected chi connectivity index (χ2v) is 9.22. The van der Waals surface area contributed by atoms with Crippen molar-refractivity contribution in [3.8, 4) is 0 Å². The van der Waals surface area contributed by atoms with Gasteiger partial charge in [-0.25, -0.2) is 0 Å². The largest absolute Gasteiger partial charge is 1.00 e. The molecule has 0 radical (unpaired) electrons. The van der Waals surface area contributed by atoms with E-state index in [0.29, 0.717) is 0 Å². The van der Waals surface area contributed by atoms with Gasteiger partial charge in [-0.15, -0.1) is 0 Å². The first-order valence-corrected chi connectivity index (χ1v) is 12.9. The molecule has 0 aromatic rings. The van der Waals surface area contributed by atoms with Crippen LogP contribution in [0.25, 0.3) is 0 Å². The second kappa shape index (κ2) is 22.8. The van der Waals surface area contributed by atoms with Crippen molar-refractivity contribution in [2.24, 2.45) is 4.99 Å². The van der Waals surface area contributed by atoms with Crippen molar-refractivity contribution in [2.45, 2.75) is 110 Å². The van der Waals surface area contributed by atoms with Crippen LogP contribution in [0.4, 0.5) is 0 Å². The van der Waals surface area contributed by atoms with Crippen LogP contribution in [0.3, 0.4) is 0 Å². The number of allylic oxidation sites excluding steroid dienone is 1. The van der Waals surface area contributed by atoms with E-state index in [9.17, 15) is 13.5 Å². The van der Waals surface area contributed by atoms with Gasteiger partial charge >= 0.3 is 29.6 Å². The maximum Gasteiger partial charge on any atom is 1.00 e. The Balaban J connectivity index is 0. The molecule has 0 heterocycles. The smallest absolute Gasteiger partial charge is 0.859 e. The molecular formula is C22H42NNaO4S. The maximum absolute atomic E-state index is 11.4. The Kier molecular flexibility index (Phi) is 24.6. The number of aliphatic imine (C=N–C) groups is 1. The van der Waals surface area contributed by atoms with Crippen LogP contribution in [0.5, 0.6) is 0 Å². The van der Waals surface area contributed by atoms with Gasteiger partial charge in [-0.05, 0) is 25.2 Å². The molecule has 166 valence electrons. The molecule has 0 aromatic heterocycles. The van der Waals surface area contributed by atoms with Gasteiger partial charge < -0.3 is 10.1 Å². The van der Waals surface area contributed by atoms with Crippen molar-refractivity contribution >= 4 is 16.0 Å². The normalized spacial score (nSPS) is 12.4. The molecule has 0 bridgehead atoms. The average Bonchev–Trinajstić information content (AvgIpc) is 2.64. The van der Waals surface area contributed by atoms with Gasteiger partial charge in [0.15, 0.2) is 0 Å². The third-order valence-electron chi connectivity index (χ3n) is 4.81. The number of unbranched alkanes of at least 4 members (excludes halogenated alkanes) is 14. The van der Waals surface area contributed by atoms with Crippen LogP contribution >= 0.6 is 0 Å². The van der Waals surface area contributed by atoms with E-state index < -0.39 is 10.1 Å². The Hall–Kier alpha value is 0.120. The zero-order valence-electron chi connectivity index (χ0n) is 18.9. The fourth-order valence-electron chi connectivity index (χ4n) is 3.13. The Morgan fingerprint density at radius 3 is 1.72 bits per heavy atom. The molecule has 0 rings (SSSR count). The quantitative estimate of drug-likeness (QED) is 0.104. The molecule has 0 unspecified atom stereocenters. The fourth-order valence-corrected chi connectivity index (χ4v) is 3.62. The van der Waals surface area contributed by atoms with Crippen molar-refractivity contribution < 1.29 is 47.6 Å². The van der Waals surface area contributed by atoms with Gasteiger partial charge in [-0.3, -0.25) is 4.55 Å². The molecule has 0 spiro atoms. The summed E-state index contributed by atoms with van der Waals surface area (Å²) in [6.45, 7) is 2.39. The average molecular weight is 440 g/mol. The Labute approximate surface area is 201 Å². The van der Waals surface area contributed by atoms with Crippen LogP contribution in [0.15, 0.2) is 17.1 Å². The molecular weight excluding hydrogens is 397 g/mol. The van der Waals surface area contributed by atoms with Gasteiger partial charge in [0.1, 0.15) is 0 Å². The van der Waals surface area contributed by atoms with Crippen LogP contribution in [0.1, 0.15) is 110 Å². The first-order chi connectivity index (χ1) is 13.5. The summed E-state index contributed by atoms with van der Waals surface area (Å²) in [6.07, 6.45) is 23.0. The molecule has 0 atom stereocenters. The number of hydrogen-bond acceptors (Lipinski definition) is 4. The van der Waals surface area contributed by atoms with Gasteiger partial charge in [-0.1, -0.05) is 103 Å². The standard InChI is InChI=1S/C22H43NO4S.Na/c1-2-3-4-5-6-7-8-9-10-11-12-13-14-15-16-17-19-22(24)23-20-18-21-28(25,26)27;/h17,19H,2-16,18,20-21H2,1H3,(H,23,24)(H,25,26,27);/q;+1/p-1/b19-17+;. The molecule has 0 aliphatic heterocycles. The van der Waals surface area contributed by atoms with Crippen LogP contribution in [-0.4, -0.2) is 31.2 Å². The Bertz CT molecular complexity index is 507. The maximum atomic E-state index is 11.4. The van der Waals surface area contributed by atoms with Gasteiger partial charge in [0.25, 0.3) is 10.1 Å². The van der Waals surface area contributed by atoms with E-state index >= 15 is 0 Å². The van der Waals surface area contributed by atoms with Crippen molar-refractivity contribution in [3.63, 3.8) is 0 Å². The van der Waals surface area contributed by atoms with E-state index in [0.717, 1.165) is 12.8 Å². The third-order valence-corrected chi connectivity index (χ3v) is 5.62. The Morgan fingerprint density at radius 2 is 1.28 bits per heavy atom. The summed E-state index contributed by atoms with van der Waals surface area (Å²) in [5.41, 5.74) is 0. The molecule has 1 N–H and O–H groups in total. The van der Waals surface area contributed by atoms with E-state index in [1.807, 2.05) is 6.08 Å². The minimum atomic E-state index is -3.96. The van der Waals surface area contributed by atoms with E-state index in [4.69, 9.17) is 4.55 Å².